The van der Waals surface area contributed by atoms with Gasteiger partial charge in [-0.25, -0.2) is 4.39 Å². The topological polar surface area (TPSA) is 68.3 Å². The number of nitrogens with one attached hydrogen (secondary N) is 1. The molecule has 0 aromatic heterocycles. The molecule has 1 aliphatic rings. The van der Waals surface area contributed by atoms with E-state index in [1.807, 2.05) is 0 Å². The van der Waals surface area contributed by atoms with Crippen molar-refractivity contribution in [1.82, 2.24) is 0 Å². The van der Waals surface area contributed by atoms with Gasteiger partial charge in [0.15, 0.2) is 0 Å². The van der Waals surface area contributed by atoms with Crippen molar-refractivity contribution in [2.75, 3.05) is 19.8 Å². The van der Waals surface area contributed by atoms with Crippen molar-refractivity contribution >= 4 is 5.84 Å². The van der Waals surface area contributed by atoms with Gasteiger partial charge in [0.2, 0.25) is 0 Å². The highest BCUT2D eigenvalue weighted by atomic mass is 19.1. The van der Waals surface area contributed by atoms with Gasteiger partial charge in [-0.3, -0.25) is 5.41 Å². The minimum Gasteiger partial charge on any atom is -0.492 e. The van der Waals surface area contributed by atoms with Crippen molar-refractivity contribution in [1.29, 1.82) is 5.41 Å². The number of hydrogen-bond donors (Lipinski definition) is 2. The average Bonchev–Trinajstić information content (AvgIpc) is 2.37. The highest BCUT2D eigenvalue weighted by Crippen LogP contribution is 2.23. The van der Waals surface area contributed by atoms with Gasteiger partial charge in [0.1, 0.15) is 17.4 Å². The van der Waals surface area contributed by atoms with Gasteiger partial charge in [0, 0.05) is 13.2 Å². The number of hydrogen-bond acceptors (Lipinski definition) is 3. The zero-order valence-electron chi connectivity index (χ0n) is 10.1. The maximum atomic E-state index is 13.5. The molecule has 0 amide bonds. The molecule has 1 aromatic rings. The minimum absolute atomic E-state index is 0.0459. The fourth-order valence-corrected chi connectivity index (χ4v) is 2.01. The number of ether oxygens (including phenoxy) is 2. The van der Waals surface area contributed by atoms with Crippen LogP contribution in [0.3, 0.4) is 0 Å². The SMILES string of the molecule is N=C(N)c1c(F)cccc1OCC1CCOCC1. The van der Waals surface area contributed by atoms with E-state index < -0.39 is 5.82 Å². The van der Waals surface area contributed by atoms with Gasteiger partial charge in [-0.05, 0) is 30.9 Å². The predicted octanol–water partition coefficient (Wildman–Crippen LogP) is 1.92. The lowest BCUT2D eigenvalue weighted by atomic mass is 10.0. The highest BCUT2D eigenvalue weighted by Gasteiger charge is 2.17. The summed E-state index contributed by atoms with van der Waals surface area (Å²) < 4.78 is 24.4. The molecule has 1 aromatic carbocycles. The summed E-state index contributed by atoms with van der Waals surface area (Å²) in [4.78, 5) is 0. The van der Waals surface area contributed by atoms with Crippen LogP contribution in [0, 0.1) is 17.1 Å². The van der Waals surface area contributed by atoms with Crippen molar-refractivity contribution in [3.05, 3.63) is 29.6 Å². The summed E-state index contributed by atoms with van der Waals surface area (Å²) >= 11 is 0. The molecular formula is C13H17FN2O2. The summed E-state index contributed by atoms with van der Waals surface area (Å²) in [5.74, 6) is -0.0714. The molecule has 1 saturated heterocycles. The van der Waals surface area contributed by atoms with Crippen molar-refractivity contribution in [3.63, 3.8) is 0 Å². The Morgan fingerprint density at radius 1 is 1.44 bits per heavy atom. The normalized spacial score (nSPS) is 16.5. The standard InChI is InChI=1S/C13H17FN2O2/c14-10-2-1-3-11(12(10)13(15)16)18-8-9-4-6-17-7-5-9/h1-3,9H,4-8H2,(H3,15,16). The predicted molar refractivity (Wildman–Crippen MR) is 66.5 cm³/mol. The molecule has 1 heterocycles. The van der Waals surface area contributed by atoms with E-state index in [0.717, 1.165) is 26.1 Å². The Morgan fingerprint density at radius 3 is 2.83 bits per heavy atom. The van der Waals surface area contributed by atoms with Crippen LogP contribution in [0.5, 0.6) is 5.75 Å². The second-order valence-electron chi connectivity index (χ2n) is 4.39. The summed E-state index contributed by atoms with van der Waals surface area (Å²) in [6, 6.07) is 4.47. The first-order valence-corrected chi connectivity index (χ1v) is 6.02. The van der Waals surface area contributed by atoms with E-state index in [2.05, 4.69) is 0 Å². The molecule has 18 heavy (non-hydrogen) atoms. The van der Waals surface area contributed by atoms with Crippen LogP contribution in [0.2, 0.25) is 0 Å². The van der Waals surface area contributed by atoms with E-state index in [4.69, 9.17) is 20.6 Å². The smallest absolute Gasteiger partial charge is 0.137 e. The maximum Gasteiger partial charge on any atom is 0.137 e. The molecule has 0 atom stereocenters. The third-order valence-corrected chi connectivity index (χ3v) is 3.06. The number of nitrogen functional groups attached to an aromatic ring is 1. The number of halogens is 1. The third kappa shape index (κ3) is 2.98. The lowest BCUT2D eigenvalue weighted by Gasteiger charge is -2.22. The van der Waals surface area contributed by atoms with Crippen molar-refractivity contribution in [3.8, 4) is 5.75 Å². The van der Waals surface area contributed by atoms with E-state index in [1.165, 1.54) is 6.07 Å². The molecule has 0 spiro atoms. The molecule has 2 rings (SSSR count). The Hall–Kier alpha value is -1.62. The minimum atomic E-state index is -0.521. The van der Waals surface area contributed by atoms with Gasteiger partial charge >= 0.3 is 0 Å². The Morgan fingerprint density at radius 2 is 2.17 bits per heavy atom. The molecule has 0 aliphatic carbocycles. The quantitative estimate of drug-likeness (QED) is 0.635. The first kappa shape index (κ1) is 12.8. The van der Waals surface area contributed by atoms with Crippen molar-refractivity contribution in [2.24, 2.45) is 11.7 Å². The second-order valence-corrected chi connectivity index (χ2v) is 4.39. The molecule has 98 valence electrons. The van der Waals surface area contributed by atoms with Crippen LogP contribution < -0.4 is 10.5 Å². The summed E-state index contributed by atoms with van der Waals surface area (Å²) in [6.07, 6.45) is 1.90. The van der Waals surface area contributed by atoms with E-state index in [1.54, 1.807) is 12.1 Å². The van der Waals surface area contributed by atoms with Crippen LogP contribution in [0.15, 0.2) is 18.2 Å². The molecule has 0 unspecified atom stereocenters. The Balaban J connectivity index is 2.04. The first-order chi connectivity index (χ1) is 8.68. The van der Waals surface area contributed by atoms with Gasteiger partial charge in [-0.2, -0.15) is 0 Å². The van der Waals surface area contributed by atoms with Crippen LogP contribution in [0.1, 0.15) is 18.4 Å². The van der Waals surface area contributed by atoms with Crippen LogP contribution >= 0.6 is 0 Å². The van der Waals surface area contributed by atoms with Crippen LogP contribution in [-0.2, 0) is 4.74 Å². The number of benzene rings is 1. The molecule has 0 saturated carbocycles. The molecule has 0 bridgehead atoms. The van der Waals surface area contributed by atoms with E-state index in [-0.39, 0.29) is 11.4 Å². The molecule has 3 N–H and O–H groups in total. The van der Waals surface area contributed by atoms with Crippen LogP contribution in [0.25, 0.3) is 0 Å². The summed E-state index contributed by atoms with van der Waals surface area (Å²) in [5, 5.41) is 7.38. The lowest BCUT2D eigenvalue weighted by molar-refractivity contribution is 0.0497. The van der Waals surface area contributed by atoms with Crippen LogP contribution in [-0.4, -0.2) is 25.7 Å². The van der Waals surface area contributed by atoms with Gasteiger partial charge in [-0.1, -0.05) is 6.07 Å². The maximum absolute atomic E-state index is 13.5. The van der Waals surface area contributed by atoms with Crippen LogP contribution in [0.4, 0.5) is 4.39 Å². The van der Waals surface area contributed by atoms with Gasteiger partial charge in [0.25, 0.3) is 0 Å². The van der Waals surface area contributed by atoms with Gasteiger partial charge in [-0.15, -0.1) is 0 Å². The number of nitrogens with two attached hydrogens (primary N) is 1. The van der Waals surface area contributed by atoms with Gasteiger partial charge < -0.3 is 15.2 Å². The van der Waals surface area contributed by atoms with E-state index in [9.17, 15) is 4.39 Å². The van der Waals surface area contributed by atoms with Gasteiger partial charge in [0.05, 0.1) is 12.2 Å². The fraction of sp³-hybridized carbons (Fsp3) is 0.462. The zero-order chi connectivity index (χ0) is 13.0. The van der Waals surface area contributed by atoms with Crippen molar-refractivity contribution < 1.29 is 13.9 Å². The molecular weight excluding hydrogens is 235 g/mol. The fourth-order valence-electron chi connectivity index (χ4n) is 2.01. The summed E-state index contributed by atoms with van der Waals surface area (Å²) in [5.41, 5.74) is 5.41. The molecule has 5 heteroatoms. The lowest BCUT2D eigenvalue weighted by Crippen LogP contribution is -2.22. The Kier molecular flexibility index (Phi) is 4.15. The Bertz CT molecular complexity index is 431. The largest absolute Gasteiger partial charge is 0.492 e. The molecule has 1 aliphatic heterocycles. The monoisotopic (exact) mass is 252 g/mol. The summed E-state index contributed by atoms with van der Waals surface area (Å²) in [7, 11) is 0. The second kappa shape index (κ2) is 5.82. The highest BCUT2D eigenvalue weighted by molar-refractivity contribution is 5.97. The van der Waals surface area contributed by atoms with E-state index in [0.29, 0.717) is 18.3 Å². The van der Waals surface area contributed by atoms with Crippen molar-refractivity contribution in [2.45, 2.75) is 12.8 Å². The third-order valence-electron chi connectivity index (χ3n) is 3.06. The first-order valence-electron chi connectivity index (χ1n) is 6.02. The average molecular weight is 252 g/mol. The Labute approximate surface area is 105 Å². The van der Waals surface area contributed by atoms with E-state index >= 15 is 0 Å². The molecule has 1 fully saturated rings. The molecule has 4 nitrogen and oxygen atoms in total. The number of amidine groups is 1. The number of rotatable bonds is 4. The zero-order valence-corrected chi connectivity index (χ0v) is 10.1. The molecule has 0 radical (unpaired) electrons. The summed E-state index contributed by atoms with van der Waals surface area (Å²) in [6.45, 7) is 2.00.